The van der Waals surface area contributed by atoms with Gasteiger partial charge in [0.15, 0.2) is 0 Å². The first-order valence-electron chi connectivity index (χ1n) is 6.89. The monoisotopic (exact) mass is 338 g/mol. The second-order valence-corrected chi connectivity index (χ2v) is 6.97. The van der Waals surface area contributed by atoms with E-state index in [-0.39, 0.29) is 16.3 Å². The van der Waals surface area contributed by atoms with Crippen LogP contribution < -0.4 is 14.4 Å². The molecule has 124 valence electrons. The molecule has 5 nitrogen and oxygen atoms in total. The number of benzene rings is 2. The molecule has 2 aromatic rings. The zero-order chi connectivity index (χ0) is 17.2. The summed E-state index contributed by atoms with van der Waals surface area (Å²) in [5.74, 6) is -0.296. The smallest absolute Gasteiger partial charge is 0.265 e. The number of nitrogens with one attached hydrogen (secondary N) is 1. The lowest BCUT2D eigenvalue weighted by molar-refractivity contribution is 0.402. The van der Waals surface area contributed by atoms with E-state index in [0.717, 1.165) is 11.6 Å². The Bertz CT molecular complexity index is 820. The van der Waals surface area contributed by atoms with Crippen LogP contribution in [0.3, 0.4) is 0 Å². The first kappa shape index (κ1) is 17.1. The van der Waals surface area contributed by atoms with Crippen molar-refractivity contribution in [2.75, 3.05) is 30.8 Å². The van der Waals surface area contributed by atoms with Gasteiger partial charge < -0.3 is 9.64 Å². The largest absolute Gasteiger partial charge is 0.495 e. The van der Waals surface area contributed by atoms with E-state index in [1.807, 2.05) is 0 Å². The number of halogens is 1. The summed E-state index contributed by atoms with van der Waals surface area (Å²) in [4.78, 5) is 1.71. The van der Waals surface area contributed by atoms with Crippen LogP contribution in [0.5, 0.6) is 5.75 Å². The SMILES string of the molecule is COc1ccc(C)cc1S(=O)(=O)Nc1cc(F)ccc1N(C)C. The molecule has 2 rings (SSSR count). The van der Waals surface area contributed by atoms with Crippen LogP contribution in [0.1, 0.15) is 5.56 Å². The molecule has 0 fully saturated rings. The van der Waals surface area contributed by atoms with Gasteiger partial charge in [-0.25, -0.2) is 12.8 Å². The van der Waals surface area contributed by atoms with Crippen molar-refractivity contribution >= 4 is 21.4 Å². The summed E-state index contributed by atoms with van der Waals surface area (Å²) in [6.45, 7) is 1.78. The molecule has 0 aliphatic rings. The Kier molecular flexibility index (Phi) is 4.79. The Balaban J connectivity index is 2.51. The summed E-state index contributed by atoms with van der Waals surface area (Å²) >= 11 is 0. The Labute approximate surface area is 135 Å². The number of anilines is 2. The highest BCUT2D eigenvalue weighted by Crippen LogP contribution is 2.31. The molecule has 0 heterocycles. The van der Waals surface area contributed by atoms with Crippen molar-refractivity contribution in [1.82, 2.24) is 0 Å². The van der Waals surface area contributed by atoms with Crippen molar-refractivity contribution in [3.05, 3.63) is 47.8 Å². The van der Waals surface area contributed by atoms with Gasteiger partial charge in [0.2, 0.25) is 0 Å². The fourth-order valence-electron chi connectivity index (χ4n) is 2.17. The van der Waals surface area contributed by atoms with Gasteiger partial charge in [0, 0.05) is 20.2 Å². The second-order valence-electron chi connectivity index (χ2n) is 5.32. The molecule has 0 saturated heterocycles. The Morgan fingerprint density at radius 1 is 1.13 bits per heavy atom. The normalized spacial score (nSPS) is 11.2. The number of sulfonamides is 1. The standard InChI is InChI=1S/C16H19FN2O3S/c1-11-5-8-15(22-4)16(9-11)23(20,21)18-13-10-12(17)6-7-14(13)19(2)3/h5-10,18H,1-4H3. The van der Waals surface area contributed by atoms with Crippen molar-refractivity contribution in [3.63, 3.8) is 0 Å². The van der Waals surface area contributed by atoms with E-state index in [9.17, 15) is 12.8 Å². The lowest BCUT2D eigenvalue weighted by Crippen LogP contribution is -2.18. The highest BCUT2D eigenvalue weighted by atomic mass is 32.2. The van der Waals surface area contributed by atoms with Crippen LogP contribution in [0.2, 0.25) is 0 Å². The van der Waals surface area contributed by atoms with E-state index < -0.39 is 15.8 Å². The van der Waals surface area contributed by atoms with Gasteiger partial charge in [0.25, 0.3) is 10.0 Å². The molecule has 0 radical (unpaired) electrons. The molecule has 1 N–H and O–H groups in total. The third kappa shape index (κ3) is 3.73. The van der Waals surface area contributed by atoms with Crippen molar-refractivity contribution in [2.24, 2.45) is 0 Å². The van der Waals surface area contributed by atoms with Gasteiger partial charge in [0.05, 0.1) is 18.5 Å². The van der Waals surface area contributed by atoms with Gasteiger partial charge >= 0.3 is 0 Å². The maximum atomic E-state index is 13.5. The molecule has 0 aromatic heterocycles. The third-order valence-corrected chi connectivity index (χ3v) is 4.68. The number of aryl methyl sites for hydroxylation is 1. The topological polar surface area (TPSA) is 58.6 Å². The van der Waals surface area contributed by atoms with Crippen LogP contribution in [-0.4, -0.2) is 29.6 Å². The summed E-state index contributed by atoms with van der Waals surface area (Å²) in [7, 11) is 0.977. The van der Waals surface area contributed by atoms with Crippen molar-refractivity contribution < 1.29 is 17.5 Å². The quantitative estimate of drug-likeness (QED) is 0.910. The molecule has 0 atom stereocenters. The van der Waals surface area contributed by atoms with E-state index in [1.165, 1.54) is 25.3 Å². The molecular formula is C16H19FN2O3S. The predicted octanol–water partition coefficient (Wildman–Crippen LogP) is 3.01. The van der Waals surface area contributed by atoms with E-state index in [2.05, 4.69) is 4.72 Å². The zero-order valence-electron chi connectivity index (χ0n) is 13.4. The fourth-order valence-corrected chi connectivity index (χ4v) is 3.49. The van der Waals surface area contributed by atoms with Crippen molar-refractivity contribution in [2.45, 2.75) is 11.8 Å². The van der Waals surface area contributed by atoms with Crippen molar-refractivity contribution in [1.29, 1.82) is 0 Å². The van der Waals surface area contributed by atoms with E-state index >= 15 is 0 Å². The minimum absolute atomic E-state index is 0.00830. The molecule has 23 heavy (non-hydrogen) atoms. The number of methoxy groups -OCH3 is 1. The average molecular weight is 338 g/mol. The summed E-state index contributed by atoms with van der Waals surface area (Å²) in [5, 5.41) is 0. The van der Waals surface area contributed by atoms with E-state index in [0.29, 0.717) is 5.69 Å². The van der Waals surface area contributed by atoms with Crippen LogP contribution in [-0.2, 0) is 10.0 Å². The lowest BCUT2D eigenvalue weighted by Gasteiger charge is -2.19. The first-order valence-corrected chi connectivity index (χ1v) is 8.37. The van der Waals surface area contributed by atoms with Gasteiger partial charge in [-0.15, -0.1) is 0 Å². The van der Waals surface area contributed by atoms with Crippen LogP contribution in [0.25, 0.3) is 0 Å². The Morgan fingerprint density at radius 3 is 2.43 bits per heavy atom. The summed E-state index contributed by atoms with van der Waals surface area (Å²) in [6.07, 6.45) is 0. The molecule has 2 aromatic carbocycles. The van der Waals surface area contributed by atoms with Gasteiger partial charge in [-0.05, 0) is 36.8 Å². The number of hydrogen-bond donors (Lipinski definition) is 1. The molecule has 7 heteroatoms. The molecule has 0 spiro atoms. The Morgan fingerprint density at radius 2 is 1.83 bits per heavy atom. The number of ether oxygens (including phenoxy) is 1. The zero-order valence-corrected chi connectivity index (χ0v) is 14.2. The van der Waals surface area contributed by atoms with Gasteiger partial charge in [-0.1, -0.05) is 6.07 Å². The van der Waals surface area contributed by atoms with Gasteiger partial charge in [0.1, 0.15) is 16.5 Å². The second kappa shape index (κ2) is 6.45. The highest BCUT2D eigenvalue weighted by Gasteiger charge is 2.21. The third-order valence-electron chi connectivity index (χ3n) is 3.29. The minimum atomic E-state index is -3.92. The molecule has 0 aliphatic carbocycles. The maximum absolute atomic E-state index is 13.5. The molecule has 0 bridgehead atoms. The summed E-state index contributed by atoms with van der Waals surface area (Å²) < 4.78 is 46.5. The molecular weight excluding hydrogens is 319 g/mol. The van der Waals surface area contributed by atoms with E-state index in [1.54, 1.807) is 38.1 Å². The molecule has 0 amide bonds. The van der Waals surface area contributed by atoms with Crippen LogP contribution in [0.4, 0.5) is 15.8 Å². The average Bonchev–Trinajstić information content (AvgIpc) is 2.46. The van der Waals surface area contributed by atoms with Gasteiger partial charge in [-0.3, -0.25) is 4.72 Å². The Hall–Kier alpha value is -2.28. The van der Waals surface area contributed by atoms with E-state index in [4.69, 9.17) is 4.74 Å². The summed E-state index contributed by atoms with van der Waals surface area (Å²) in [5.41, 5.74) is 1.50. The van der Waals surface area contributed by atoms with Gasteiger partial charge in [-0.2, -0.15) is 0 Å². The first-order chi connectivity index (χ1) is 10.7. The lowest BCUT2D eigenvalue weighted by atomic mass is 10.2. The minimum Gasteiger partial charge on any atom is -0.495 e. The predicted molar refractivity (Wildman–Crippen MR) is 89.3 cm³/mol. The molecule has 0 unspecified atom stereocenters. The molecule has 0 aliphatic heterocycles. The highest BCUT2D eigenvalue weighted by molar-refractivity contribution is 7.92. The number of nitrogens with zero attached hydrogens (tertiary/aromatic N) is 1. The molecule has 0 saturated carbocycles. The summed E-state index contributed by atoms with van der Waals surface area (Å²) in [6, 6.07) is 8.79. The fraction of sp³-hybridized carbons (Fsp3) is 0.250. The van der Waals surface area contributed by atoms with Crippen LogP contribution >= 0.6 is 0 Å². The van der Waals surface area contributed by atoms with Crippen LogP contribution in [0.15, 0.2) is 41.3 Å². The maximum Gasteiger partial charge on any atom is 0.265 e. The number of rotatable bonds is 5. The number of hydrogen-bond acceptors (Lipinski definition) is 4. The van der Waals surface area contributed by atoms with Crippen molar-refractivity contribution in [3.8, 4) is 5.75 Å². The van der Waals surface area contributed by atoms with Crippen LogP contribution in [0, 0.1) is 12.7 Å².